The summed E-state index contributed by atoms with van der Waals surface area (Å²) in [6.07, 6.45) is 0.246. The van der Waals surface area contributed by atoms with Crippen LogP contribution in [0.4, 0.5) is 30.8 Å². The van der Waals surface area contributed by atoms with E-state index in [1.165, 1.54) is 12.1 Å². The van der Waals surface area contributed by atoms with Crippen LogP contribution < -0.4 is 30.7 Å². The van der Waals surface area contributed by atoms with Crippen molar-refractivity contribution in [1.82, 2.24) is 30.3 Å². The van der Waals surface area contributed by atoms with Gasteiger partial charge >= 0.3 is 12.2 Å². The second-order valence-electron chi connectivity index (χ2n) is 13.3. The van der Waals surface area contributed by atoms with E-state index in [1.54, 1.807) is 24.3 Å². The van der Waals surface area contributed by atoms with Crippen LogP contribution in [0.1, 0.15) is 60.9 Å². The van der Waals surface area contributed by atoms with Crippen LogP contribution in [0.3, 0.4) is 0 Å². The third-order valence-electron chi connectivity index (χ3n) is 9.00. The van der Waals surface area contributed by atoms with Crippen LogP contribution in [0.15, 0.2) is 48.5 Å². The van der Waals surface area contributed by atoms with Gasteiger partial charge in [-0.25, -0.2) is 8.42 Å². The molecule has 3 amide bonds. The normalized spacial score (nSPS) is 20.3. The number of alkyl halides is 3. The van der Waals surface area contributed by atoms with Crippen molar-refractivity contribution < 1.29 is 40.7 Å². The highest BCUT2D eigenvalue weighted by atomic mass is 35.5. The van der Waals surface area contributed by atoms with Crippen molar-refractivity contribution in [3.05, 3.63) is 64.7 Å². The summed E-state index contributed by atoms with van der Waals surface area (Å²) in [5.41, 5.74) is -0.134. The van der Waals surface area contributed by atoms with E-state index in [1.807, 2.05) is 16.9 Å². The molecule has 0 radical (unpaired) electrons. The van der Waals surface area contributed by atoms with Crippen LogP contribution in [-0.2, 0) is 25.2 Å². The Balaban J connectivity index is 1.02. The largest absolute Gasteiger partial charge is 0.454 e. The second-order valence-corrected chi connectivity index (χ2v) is 15.5. The number of sulfonamides is 1. The van der Waals surface area contributed by atoms with E-state index < -0.39 is 57.6 Å². The lowest BCUT2D eigenvalue weighted by Crippen LogP contribution is -2.52. The molecule has 52 heavy (non-hydrogen) atoms. The van der Waals surface area contributed by atoms with E-state index in [2.05, 4.69) is 36.2 Å². The van der Waals surface area contributed by atoms with Crippen LogP contribution in [0.2, 0.25) is 5.02 Å². The van der Waals surface area contributed by atoms with Gasteiger partial charge in [0.25, 0.3) is 11.8 Å². The molecule has 2 atom stereocenters. The predicted octanol–water partition coefficient (Wildman–Crippen LogP) is 4.18. The Morgan fingerprint density at radius 1 is 0.981 bits per heavy atom. The van der Waals surface area contributed by atoms with Crippen LogP contribution in [0.25, 0.3) is 0 Å². The summed E-state index contributed by atoms with van der Waals surface area (Å²) in [6.45, 7) is -1.45. The van der Waals surface area contributed by atoms with E-state index in [0.717, 1.165) is 37.5 Å². The molecule has 1 aromatic heterocycles. The molecule has 3 aliphatic carbocycles. The molecular weight excluding hydrogens is 729 g/mol. The van der Waals surface area contributed by atoms with Crippen molar-refractivity contribution in [1.29, 1.82) is 0 Å². The maximum atomic E-state index is 12.9. The zero-order valence-corrected chi connectivity index (χ0v) is 29.4. The molecule has 14 nitrogen and oxygen atoms in total. The number of ether oxygens (including phenoxy) is 1. The van der Waals surface area contributed by atoms with Crippen molar-refractivity contribution in [2.24, 2.45) is 11.8 Å². The van der Waals surface area contributed by atoms with Crippen molar-refractivity contribution in [3.8, 4) is 6.01 Å². The number of halogens is 4. The first-order chi connectivity index (χ1) is 24.5. The van der Waals surface area contributed by atoms with Crippen molar-refractivity contribution >= 4 is 56.9 Å². The highest BCUT2D eigenvalue weighted by Gasteiger charge is 2.65. The van der Waals surface area contributed by atoms with Crippen molar-refractivity contribution in [2.75, 3.05) is 30.0 Å². The maximum Gasteiger partial charge on any atom is 0.422 e. The average Bonchev–Trinajstić information content (AvgIpc) is 3.94. The molecule has 19 heteroatoms. The summed E-state index contributed by atoms with van der Waals surface area (Å²) in [6, 6.07) is 12.8. The molecule has 278 valence electrons. The van der Waals surface area contributed by atoms with Crippen LogP contribution in [-0.4, -0.2) is 72.2 Å². The molecule has 6 rings (SSSR count). The number of aromatic nitrogens is 3. The lowest BCUT2D eigenvalue weighted by atomic mass is 10.1. The van der Waals surface area contributed by atoms with E-state index in [9.17, 15) is 36.0 Å². The van der Waals surface area contributed by atoms with Crippen LogP contribution >= 0.6 is 11.6 Å². The van der Waals surface area contributed by atoms with E-state index in [4.69, 9.17) is 16.3 Å². The number of benzene rings is 2. The predicted molar refractivity (Wildman–Crippen MR) is 183 cm³/mol. The molecule has 1 heterocycles. The maximum absolute atomic E-state index is 12.9. The average molecular weight is 765 g/mol. The van der Waals surface area contributed by atoms with Gasteiger partial charge in [-0.3, -0.25) is 19.1 Å². The Labute approximate surface area is 302 Å². The fraction of sp³-hybridized carbons (Fsp3) is 0.455. The minimum Gasteiger partial charge on any atom is -0.454 e. The van der Waals surface area contributed by atoms with Gasteiger partial charge in [-0.05, 0) is 92.3 Å². The Hall–Kier alpha value is -4.71. The smallest absolute Gasteiger partial charge is 0.422 e. The monoisotopic (exact) mass is 764 g/mol. The molecular formula is C33H36ClF3N8O6S. The summed E-state index contributed by atoms with van der Waals surface area (Å²) in [7, 11) is -3.79. The molecule has 3 saturated carbocycles. The molecule has 3 fully saturated rings. The first-order valence-corrected chi connectivity index (χ1v) is 18.8. The Morgan fingerprint density at radius 3 is 2.27 bits per heavy atom. The number of amides is 3. The first kappa shape index (κ1) is 37.1. The first-order valence-electron chi connectivity index (χ1n) is 16.5. The summed E-state index contributed by atoms with van der Waals surface area (Å²) in [4.78, 5) is 50.5. The number of anilines is 3. The van der Waals surface area contributed by atoms with Crippen molar-refractivity contribution in [3.63, 3.8) is 0 Å². The summed E-state index contributed by atoms with van der Waals surface area (Å²) in [5, 5.41) is 12.1. The Morgan fingerprint density at radius 2 is 1.65 bits per heavy atom. The standard InChI is InChI=1S/C33H36ClF3N8O6S/c1-52(49,50)45-27(48)32(17-24(32)19-4-5-19)43-25(46)3-2-16-38-26(47)20-6-12-23(13-7-20)39-28-40-29(42-30(41-28)51-18-33(35,36)37)44-31(14-15-31)21-8-10-22(34)11-9-21/h6-13,19,24H,2-5,14-18H2,1H3,(H,38,47)(H,43,46)(H,45,48)(H2,39,40,41,42,44)/t24-,32+/m0/s1. The van der Waals surface area contributed by atoms with Crippen molar-refractivity contribution in [2.45, 2.75) is 62.2 Å². The zero-order valence-electron chi connectivity index (χ0n) is 27.8. The molecule has 0 spiro atoms. The summed E-state index contributed by atoms with van der Waals surface area (Å²) in [5.74, 6) is -1.47. The summed E-state index contributed by atoms with van der Waals surface area (Å²) < 4.78 is 68.8. The molecule has 0 aliphatic heterocycles. The minimum absolute atomic E-state index is 0.000920. The third-order valence-corrected chi connectivity index (χ3v) is 9.81. The van der Waals surface area contributed by atoms with Gasteiger partial charge in [-0.2, -0.15) is 28.1 Å². The number of carbonyl (C=O) groups is 3. The van der Waals surface area contributed by atoms with Crippen LogP contribution in [0, 0.1) is 11.8 Å². The zero-order chi connectivity index (χ0) is 37.3. The number of hydrogen-bond acceptors (Lipinski definition) is 11. The lowest BCUT2D eigenvalue weighted by Gasteiger charge is -2.19. The minimum atomic E-state index is -4.62. The molecule has 3 aromatic rings. The highest BCUT2D eigenvalue weighted by molar-refractivity contribution is 7.89. The van der Waals surface area contributed by atoms with E-state index in [0.29, 0.717) is 22.7 Å². The van der Waals surface area contributed by atoms with Gasteiger partial charge in [-0.15, -0.1) is 0 Å². The second kappa shape index (κ2) is 14.4. The van der Waals surface area contributed by atoms with Gasteiger partial charge < -0.3 is 26.0 Å². The van der Waals surface area contributed by atoms with Gasteiger partial charge in [0.1, 0.15) is 5.54 Å². The molecule has 0 saturated heterocycles. The Bertz CT molecular complexity index is 1940. The summed E-state index contributed by atoms with van der Waals surface area (Å²) >= 11 is 6.02. The number of rotatable bonds is 16. The fourth-order valence-corrected chi connectivity index (χ4v) is 6.69. The van der Waals surface area contributed by atoms with Gasteiger partial charge in [-0.1, -0.05) is 23.7 Å². The molecule has 2 aromatic carbocycles. The van der Waals surface area contributed by atoms with Gasteiger partial charge in [0.15, 0.2) is 6.61 Å². The number of nitrogens with one attached hydrogen (secondary N) is 5. The van der Waals surface area contributed by atoms with Gasteiger partial charge in [0, 0.05) is 29.2 Å². The van der Waals surface area contributed by atoms with Gasteiger partial charge in [0.2, 0.25) is 27.8 Å². The lowest BCUT2D eigenvalue weighted by molar-refractivity contribution is -0.154. The fourth-order valence-electron chi connectivity index (χ4n) is 6.05. The SMILES string of the molecule is CS(=O)(=O)NC(=O)[C@@]1(NC(=O)CCCNC(=O)c2ccc(Nc3nc(NC4(c5ccc(Cl)cc5)CC4)nc(OCC(F)(F)F)n3)cc2)C[C@H]1C1CC1. The molecule has 5 N–H and O–H groups in total. The highest BCUT2D eigenvalue weighted by Crippen LogP contribution is 2.57. The van der Waals surface area contributed by atoms with Gasteiger partial charge in [0.05, 0.1) is 11.8 Å². The molecule has 3 aliphatic rings. The number of nitrogens with zero attached hydrogens (tertiary/aromatic N) is 3. The number of carbonyl (C=O) groups excluding carboxylic acids is 3. The third kappa shape index (κ3) is 9.58. The molecule has 0 bridgehead atoms. The number of hydrogen-bond donors (Lipinski definition) is 5. The topological polar surface area (TPSA) is 193 Å². The van der Waals surface area contributed by atoms with E-state index in [-0.39, 0.29) is 43.1 Å². The van der Waals surface area contributed by atoms with Crippen LogP contribution in [0.5, 0.6) is 6.01 Å². The van der Waals surface area contributed by atoms with E-state index >= 15 is 0 Å². The Kier molecular flexibility index (Phi) is 10.2. The quantitative estimate of drug-likeness (QED) is 0.131. The molecule has 0 unspecified atom stereocenters.